The fraction of sp³-hybridized carbons (Fsp3) is 0.400. The molecule has 0 aliphatic carbocycles. The Morgan fingerprint density at radius 1 is 1.31 bits per heavy atom. The second-order valence-corrected chi connectivity index (χ2v) is 3.12. The number of hydrogen-bond acceptors (Lipinski definition) is 2. The average Bonchev–Trinajstić information content (AvgIpc) is 2.20. The minimum absolute atomic E-state index is 0.0781. The standard InChI is InChI=1S/C10H12FNO/c11-9-3-1-8(2-4-9)10-7-12-5-6-13-10/h1-4,10,12H,5-7H2. The Morgan fingerprint density at radius 3 is 2.69 bits per heavy atom. The van der Waals surface area contributed by atoms with E-state index in [2.05, 4.69) is 5.32 Å². The summed E-state index contributed by atoms with van der Waals surface area (Å²) < 4.78 is 18.1. The highest BCUT2D eigenvalue weighted by molar-refractivity contribution is 5.19. The van der Waals surface area contributed by atoms with Gasteiger partial charge in [-0.05, 0) is 17.7 Å². The van der Waals surface area contributed by atoms with Crippen molar-refractivity contribution in [2.75, 3.05) is 19.7 Å². The first-order valence-corrected chi connectivity index (χ1v) is 4.44. The van der Waals surface area contributed by atoms with E-state index in [4.69, 9.17) is 4.74 Å². The van der Waals surface area contributed by atoms with Crippen LogP contribution in [-0.2, 0) is 4.74 Å². The maximum Gasteiger partial charge on any atom is 0.123 e. The van der Waals surface area contributed by atoms with Gasteiger partial charge in [-0.15, -0.1) is 0 Å². The molecule has 1 unspecified atom stereocenters. The summed E-state index contributed by atoms with van der Waals surface area (Å²) in [5.41, 5.74) is 1.04. The van der Waals surface area contributed by atoms with Gasteiger partial charge in [-0.1, -0.05) is 12.1 Å². The van der Waals surface area contributed by atoms with Gasteiger partial charge in [-0.25, -0.2) is 4.39 Å². The van der Waals surface area contributed by atoms with Crippen molar-refractivity contribution in [2.24, 2.45) is 0 Å². The van der Waals surface area contributed by atoms with Crippen molar-refractivity contribution in [2.45, 2.75) is 6.10 Å². The van der Waals surface area contributed by atoms with Gasteiger partial charge in [0.05, 0.1) is 12.7 Å². The molecule has 2 nitrogen and oxygen atoms in total. The third kappa shape index (κ3) is 2.05. The predicted octanol–water partition coefficient (Wildman–Crippen LogP) is 1.49. The number of nitrogens with one attached hydrogen (secondary N) is 1. The fourth-order valence-electron chi connectivity index (χ4n) is 1.46. The van der Waals surface area contributed by atoms with Crippen LogP contribution in [0.25, 0.3) is 0 Å². The molecule has 1 heterocycles. The molecule has 1 aliphatic rings. The maximum atomic E-state index is 12.6. The van der Waals surface area contributed by atoms with Crippen LogP contribution < -0.4 is 5.32 Å². The van der Waals surface area contributed by atoms with Crippen molar-refractivity contribution in [1.29, 1.82) is 0 Å². The first-order valence-electron chi connectivity index (χ1n) is 4.44. The molecule has 1 N–H and O–H groups in total. The smallest absolute Gasteiger partial charge is 0.123 e. The highest BCUT2D eigenvalue weighted by atomic mass is 19.1. The van der Waals surface area contributed by atoms with E-state index in [1.807, 2.05) is 0 Å². The van der Waals surface area contributed by atoms with Crippen molar-refractivity contribution < 1.29 is 9.13 Å². The fourth-order valence-corrected chi connectivity index (χ4v) is 1.46. The van der Waals surface area contributed by atoms with Crippen LogP contribution in [0.1, 0.15) is 11.7 Å². The van der Waals surface area contributed by atoms with Gasteiger partial charge in [0, 0.05) is 13.1 Å². The van der Waals surface area contributed by atoms with Crippen LogP contribution in [0.5, 0.6) is 0 Å². The highest BCUT2D eigenvalue weighted by Gasteiger charge is 2.14. The lowest BCUT2D eigenvalue weighted by Gasteiger charge is -2.23. The third-order valence-electron chi connectivity index (χ3n) is 2.17. The number of rotatable bonds is 1. The van der Waals surface area contributed by atoms with Gasteiger partial charge in [-0.3, -0.25) is 0 Å². The first-order chi connectivity index (χ1) is 6.36. The van der Waals surface area contributed by atoms with E-state index < -0.39 is 0 Å². The first kappa shape index (κ1) is 8.66. The Balaban J connectivity index is 2.10. The van der Waals surface area contributed by atoms with E-state index in [0.29, 0.717) is 0 Å². The Kier molecular flexibility index (Phi) is 2.57. The van der Waals surface area contributed by atoms with Gasteiger partial charge < -0.3 is 10.1 Å². The molecule has 0 bridgehead atoms. The molecule has 13 heavy (non-hydrogen) atoms. The Hall–Kier alpha value is -0.930. The largest absolute Gasteiger partial charge is 0.371 e. The van der Waals surface area contributed by atoms with Gasteiger partial charge >= 0.3 is 0 Å². The summed E-state index contributed by atoms with van der Waals surface area (Å²) in [6.07, 6.45) is 0.0781. The number of benzene rings is 1. The van der Waals surface area contributed by atoms with Crippen LogP contribution in [0, 0.1) is 5.82 Å². The van der Waals surface area contributed by atoms with Gasteiger partial charge in [0.15, 0.2) is 0 Å². The molecule has 1 aromatic carbocycles. The molecule has 70 valence electrons. The molecule has 3 heteroatoms. The molecule has 0 spiro atoms. The quantitative estimate of drug-likeness (QED) is 0.708. The number of hydrogen-bond donors (Lipinski definition) is 1. The minimum atomic E-state index is -0.201. The van der Waals surface area contributed by atoms with E-state index in [1.54, 1.807) is 12.1 Å². The topological polar surface area (TPSA) is 21.3 Å². The highest BCUT2D eigenvalue weighted by Crippen LogP contribution is 2.18. The summed E-state index contributed by atoms with van der Waals surface area (Å²) >= 11 is 0. The van der Waals surface area contributed by atoms with Crippen LogP contribution in [0.15, 0.2) is 24.3 Å². The summed E-state index contributed by atoms with van der Waals surface area (Å²) in [4.78, 5) is 0. The number of ether oxygens (including phenoxy) is 1. The van der Waals surface area contributed by atoms with E-state index in [1.165, 1.54) is 12.1 Å². The third-order valence-corrected chi connectivity index (χ3v) is 2.17. The molecule has 1 atom stereocenters. The van der Waals surface area contributed by atoms with Crippen molar-refractivity contribution in [1.82, 2.24) is 5.32 Å². The van der Waals surface area contributed by atoms with E-state index in [0.717, 1.165) is 25.3 Å². The Bertz CT molecular complexity index is 267. The van der Waals surface area contributed by atoms with E-state index in [9.17, 15) is 4.39 Å². The van der Waals surface area contributed by atoms with Crippen LogP contribution in [0.2, 0.25) is 0 Å². The number of morpholine rings is 1. The maximum absolute atomic E-state index is 12.6. The molecule has 1 saturated heterocycles. The lowest BCUT2D eigenvalue weighted by Crippen LogP contribution is -2.33. The Morgan fingerprint density at radius 2 is 2.08 bits per heavy atom. The molecule has 2 rings (SSSR count). The van der Waals surface area contributed by atoms with Crippen LogP contribution in [0.3, 0.4) is 0 Å². The second kappa shape index (κ2) is 3.85. The van der Waals surface area contributed by atoms with Gasteiger partial charge in [0.25, 0.3) is 0 Å². The van der Waals surface area contributed by atoms with Gasteiger partial charge in [0.2, 0.25) is 0 Å². The SMILES string of the molecule is Fc1ccc(C2CNCCO2)cc1. The van der Waals surface area contributed by atoms with E-state index in [-0.39, 0.29) is 11.9 Å². The minimum Gasteiger partial charge on any atom is -0.371 e. The van der Waals surface area contributed by atoms with Crippen LogP contribution in [0.4, 0.5) is 4.39 Å². The van der Waals surface area contributed by atoms with Gasteiger partial charge in [-0.2, -0.15) is 0 Å². The summed E-state index contributed by atoms with van der Waals surface area (Å²) in [5.74, 6) is -0.201. The number of halogens is 1. The second-order valence-electron chi connectivity index (χ2n) is 3.12. The zero-order valence-electron chi connectivity index (χ0n) is 7.29. The van der Waals surface area contributed by atoms with Crippen LogP contribution >= 0.6 is 0 Å². The summed E-state index contributed by atoms with van der Waals surface area (Å²) in [7, 11) is 0. The lowest BCUT2D eigenvalue weighted by molar-refractivity contribution is 0.0276. The predicted molar refractivity (Wildman–Crippen MR) is 48.0 cm³/mol. The zero-order chi connectivity index (χ0) is 9.10. The molecule has 1 aromatic rings. The summed E-state index contributed by atoms with van der Waals surface area (Å²) in [5, 5.41) is 3.23. The van der Waals surface area contributed by atoms with Crippen molar-refractivity contribution in [3.8, 4) is 0 Å². The molecular formula is C10H12FNO. The Labute approximate surface area is 76.7 Å². The average molecular weight is 181 g/mol. The zero-order valence-corrected chi connectivity index (χ0v) is 7.29. The van der Waals surface area contributed by atoms with Crippen molar-refractivity contribution >= 4 is 0 Å². The van der Waals surface area contributed by atoms with Crippen molar-refractivity contribution in [3.63, 3.8) is 0 Å². The molecule has 1 aliphatic heterocycles. The summed E-state index contributed by atoms with van der Waals surface area (Å²) in [6.45, 7) is 2.44. The van der Waals surface area contributed by atoms with Crippen molar-refractivity contribution in [3.05, 3.63) is 35.6 Å². The van der Waals surface area contributed by atoms with E-state index >= 15 is 0 Å². The summed E-state index contributed by atoms with van der Waals surface area (Å²) in [6, 6.07) is 6.47. The molecule has 0 amide bonds. The monoisotopic (exact) mass is 181 g/mol. The van der Waals surface area contributed by atoms with Gasteiger partial charge in [0.1, 0.15) is 5.82 Å². The molecule has 0 radical (unpaired) electrons. The molecule has 0 aromatic heterocycles. The molecule has 1 fully saturated rings. The molecule has 0 saturated carbocycles. The normalized spacial score (nSPS) is 23.0. The lowest BCUT2D eigenvalue weighted by atomic mass is 10.1. The van der Waals surface area contributed by atoms with Crippen LogP contribution in [-0.4, -0.2) is 19.7 Å². The molecular weight excluding hydrogens is 169 g/mol.